The van der Waals surface area contributed by atoms with Crippen LogP contribution in [-0.2, 0) is 6.54 Å². The number of rotatable bonds is 3. The molecule has 0 spiro atoms. The summed E-state index contributed by atoms with van der Waals surface area (Å²) in [6.07, 6.45) is 0. The van der Waals surface area contributed by atoms with E-state index in [1.807, 2.05) is 66.7 Å². The molecule has 0 radical (unpaired) electrons. The van der Waals surface area contributed by atoms with Crippen LogP contribution in [0.25, 0.3) is 10.8 Å². The second-order valence-corrected chi connectivity index (χ2v) is 4.88. The second-order valence-electron chi connectivity index (χ2n) is 4.88. The number of fused-ring (bicyclic) bond motifs is 1. The van der Waals surface area contributed by atoms with Gasteiger partial charge in [-0.15, -0.1) is 0 Å². The fourth-order valence-corrected chi connectivity index (χ4v) is 2.35. The van der Waals surface area contributed by atoms with Crippen LogP contribution in [0.15, 0.2) is 66.7 Å². The van der Waals surface area contributed by atoms with Crippen molar-refractivity contribution < 1.29 is 4.79 Å². The number of nitrogens with one attached hydrogen (secondary N) is 1. The zero-order valence-electron chi connectivity index (χ0n) is 11.5. The largest absolute Gasteiger partial charge is 0.326 e. The third-order valence-electron chi connectivity index (χ3n) is 3.50. The average Bonchev–Trinajstić information content (AvgIpc) is 2.55. The van der Waals surface area contributed by atoms with Gasteiger partial charge in [-0.2, -0.15) is 0 Å². The van der Waals surface area contributed by atoms with Gasteiger partial charge in [0.2, 0.25) is 0 Å². The van der Waals surface area contributed by atoms with E-state index in [9.17, 15) is 4.79 Å². The molecular formula is C18H16N2O. The zero-order chi connectivity index (χ0) is 14.7. The molecule has 0 bridgehead atoms. The SMILES string of the molecule is NCc1ccccc1NC(=O)c1ccc2ccccc2c1. The number of hydrogen-bond donors (Lipinski definition) is 2. The monoisotopic (exact) mass is 276 g/mol. The maximum absolute atomic E-state index is 12.4. The zero-order valence-corrected chi connectivity index (χ0v) is 11.5. The van der Waals surface area contributed by atoms with Gasteiger partial charge in [0.25, 0.3) is 5.91 Å². The maximum Gasteiger partial charge on any atom is 0.255 e. The molecule has 3 aromatic rings. The first-order chi connectivity index (χ1) is 10.3. The van der Waals surface area contributed by atoms with Crippen LogP contribution < -0.4 is 11.1 Å². The third kappa shape index (κ3) is 2.78. The summed E-state index contributed by atoms with van der Waals surface area (Å²) in [5, 5.41) is 5.10. The number of carbonyl (C=O) groups excluding carboxylic acids is 1. The predicted molar refractivity (Wildman–Crippen MR) is 86.2 cm³/mol. The number of amides is 1. The number of carbonyl (C=O) groups is 1. The van der Waals surface area contributed by atoms with Gasteiger partial charge in [-0.3, -0.25) is 4.79 Å². The molecule has 21 heavy (non-hydrogen) atoms. The molecule has 0 heterocycles. The van der Waals surface area contributed by atoms with E-state index in [1.54, 1.807) is 0 Å². The van der Waals surface area contributed by atoms with Crippen LogP contribution in [0.1, 0.15) is 15.9 Å². The molecule has 0 fully saturated rings. The number of hydrogen-bond acceptors (Lipinski definition) is 2. The van der Waals surface area contributed by atoms with Gasteiger partial charge in [-0.1, -0.05) is 48.5 Å². The first-order valence-corrected chi connectivity index (χ1v) is 6.86. The highest BCUT2D eigenvalue weighted by molar-refractivity contribution is 6.06. The minimum atomic E-state index is -0.123. The van der Waals surface area contributed by atoms with Crippen molar-refractivity contribution >= 4 is 22.4 Å². The van der Waals surface area contributed by atoms with Gasteiger partial charge in [0.15, 0.2) is 0 Å². The Morgan fingerprint density at radius 1 is 0.905 bits per heavy atom. The molecule has 3 heteroatoms. The summed E-state index contributed by atoms with van der Waals surface area (Å²) in [6, 6.07) is 21.2. The molecule has 0 unspecified atom stereocenters. The minimum absolute atomic E-state index is 0.123. The van der Waals surface area contributed by atoms with Crippen molar-refractivity contribution in [2.75, 3.05) is 5.32 Å². The second kappa shape index (κ2) is 5.77. The topological polar surface area (TPSA) is 55.1 Å². The molecule has 1 amide bonds. The number of para-hydroxylation sites is 1. The highest BCUT2D eigenvalue weighted by Crippen LogP contribution is 2.18. The summed E-state index contributed by atoms with van der Waals surface area (Å²) in [7, 11) is 0. The first kappa shape index (κ1) is 13.3. The molecule has 0 atom stereocenters. The Morgan fingerprint density at radius 2 is 1.62 bits per heavy atom. The highest BCUT2D eigenvalue weighted by Gasteiger charge is 2.08. The molecule has 0 aromatic heterocycles. The minimum Gasteiger partial charge on any atom is -0.326 e. The number of nitrogens with two attached hydrogens (primary N) is 1. The molecule has 0 aliphatic carbocycles. The van der Waals surface area contributed by atoms with E-state index >= 15 is 0 Å². The fourth-order valence-electron chi connectivity index (χ4n) is 2.35. The van der Waals surface area contributed by atoms with Crippen LogP contribution in [-0.4, -0.2) is 5.91 Å². The summed E-state index contributed by atoms with van der Waals surface area (Å²) in [5.41, 5.74) is 8.01. The summed E-state index contributed by atoms with van der Waals surface area (Å²) < 4.78 is 0. The van der Waals surface area contributed by atoms with E-state index in [4.69, 9.17) is 5.73 Å². The Bertz CT molecular complexity index is 796. The van der Waals surface area contributed by atoms with E-state index in [2.05, 4.69) is 5.32 Å². The Labute approximate surface area is 123 Å². The summed E-state index contributed by atoms with van der Waals surface area (Å²) in [6.45, 7) is 0.397. The Morgan fingerprint density at radius 3 is 2.43 bits per heavy atom. The van der Waals surface area contributed by atoms with Crippen LogP contribution in [0.4, 0.5) is 5.69 Å². The van der Waals surface area contributed by atoms with E-state index in [1.165, 1.54) is 0 Å². The molecule has 0 aliphatic heterocycles. The van der Waals surface area contributed by atoms with Crippen LogP contribution in [0.2, 0.25) is 0 Å². The molecule has 0 aliphatic rings. The van der Waals surface area contributed by atoms with Crippen LogP contribution in [0.5, 0.6) is 0 Å². The number of benzene rings is 3. The average molecular weight is 276 g/mol. The van der Waals surface area contributed by atoms with Gasteiger partial charge in [0.1, 0.15) is 0 Å². The van der Waals surface area contributed by atoms with Crippen molar-refractivity contribution in [1.82, 2.24) is 0 Å². The predicted octanol–water partition coefficient (Wildman–Crippen LogP) is 3.55. The van der Waals surface area contributed by atoms with Crippen molar-refractivity contribution in [3.05, 3.63) is 77.9 Å². The smallest absolute Gasteiger partial charge is 0.255 e. The van der Waals surface area contributed by atoms with E-state index in [-0.39, 0.29) is 5.91 Å². The molecule has 0 saturated heterocycles. The molecule has 3 N–H and O–H groups in total. The summed E-state index contributed by atoms with van der Waals surface area (Å²) >= 11 is 0. The van der Waals surface area contributed by atoms with Crippen molar-refractivity contribution in [1.29, 1.82) is 0 Å². The van der Waals surface area contributed by atoms with Crippen molar-refractivity contribution in [3.63, 3.8) is 0 Å². The standard InChI is InChI=1S/C18H16N2O/c19-12-16-7-3-4-8-17(16)20-18(21)15-10-9-13-5-1-2-6-14(13)11-15/h1-11H,12,19H2,(H,20,21). The number of anilines is 1. The lowest BCUT2D eigenvalue weighted by Gasteiger charge is -2.10. The molecule has 3 rings (SSSR count). The maximum atomic E-state index is 12.4. The van der Waals surface area contributed by atoms with Gasteiger partial charge in [0, 0.05) is 17.8 Å². The summed E-state index contributed by atoms with van der Waals surface area (Å²) in [4.78, 5) is 12.4. The lowest BCUT2D eigenvalue weighted by Crippen LogP contribution is -2.14. The quantitative estimate of drug-likeness (QED) is 0.768. The molecular weight excluding hydrogens is 260 g/mol. The molecule has 3 nitrogen and oxygen atoms in total. The van der Waals surface area contributed by atoms with E-state index in [0.717, 1.165) is 22.0 Å². The lowest BCUT2D eigenvalue weighted by atomic mass is 10.1. The van der Waals surface area contributed by atoms with Gasteiger partial charge >= 0.3 is 0 Å². The highest BCUT2D eigenvalue weighted by atomic mass is 16.1. The van der Waals surface area contributed by atoms with Crippen LogP contribution in [0, 0.1) is 0 Å². The van der Waals surface area contributed by atoms with Gasteiger partial charge in [-0.25, -0.2) is 0 Å². The van der Waals surface area contributed by atoms with Crippen molar-refractivity contribution in [2.24, 2.45) is 5.73 Å². The van der Waals surface area contributed by atoms with E-state index in [0.29, 0.717) is 12.1 Å². The fraction of sp³-hybridized carbons (Fsp3) is 0.0556. The van der Waals surface area contributed by atoms with Gasteiger partial charge < -0.3 is 11.1 Å². The summed E-state index contributed by atoms with van der Waals surface area (Å²) in [5.74, 6) is -0.123. The van der Waals surface area contributed by atoms with E-state index < -0.39 is 0 Å². The van der Waals surface area contributed by atoms with Gasteiger partial charge in [0.05, 0.1) is 0 Å². The Hall–Kier alpha value is -2.65. The van der Waals surface area contributed by atoms with Crippen LogP contribution >= 0.6 is 0 Å². The lowest BCUT2D eigenvalue weighted by molar-refractivity contribution is 0.102. The molecule has 104 valence electrons. The first-order valence-electron chi connectivity index (χ1n) is 6.86. The van der Waals surface area contributed by atoms with Crippen molar-refractivity contribution in [2.45, 2.75) is 6.54 Å². The van der Waals surface area contributed by atoms with Crippen LogP contribution in [0.3, 0.4) is 0 Å². The molecule has 3 aromatic carbocycles. The Kier molecular flexibility index (Phi) is 3.67. The Balaban J connectivity index is 1.90. The van der Waals surface area contributed by atoms with Crippen molar-refractivity contribution in [3.8, 4) is 0 Å². The molecule has 0 saturated carbocycles. The normalized spacial score (nSPS) is 10.5. The third-order valence-corrected chi connectivity index (χ3v) is 3.50. The van der Waals surface area contributed by atoms with Gasteiger partial charge in [-0.05, 0) is 34.5 Å².